The van der Waals surface area contributed by atoms with Crippen LogP contribution in [0.3, 0.4) is 0 Å². The van der Waals surface area contributed by atoms with Crippen molar-refractivity contribution in [3.8, 4) is 0 Å². The molecule has 2 rings (SSSR count). The van der Waals surface area contributed by atoms with Crippen LogP contribution in [-0.4, -0.2) is 25.0 Å². The van der Waals surface area contributed by atoms with Gasteiger partial charge in [-0.3, -0.25) is 4.79 Å². The van der Waals surface area contributed by atoms with Crippen molar-refractivity contribution in [2.75, 3.05) is 6.61 Å². The number of rotatable bonds is 1. The highest BCUT2D eigenvalue weighted by atomic mass is 16.5. The topological polar surface area (TPSA) is 46.5 Å². The van der Waals surface area contributed by atoms with E-state index in [-0.39, 0.29) is 0 Å². The van der Waals surface area contributed by atoms with Crippen molar-refractivity contribution in [1.29, 1.82) is 0 Å². The molecular formula is C9H9BO3. The van der Waals surface area contributed by atoms with Crippen LogP contribution in [0.4, 0.5) is 0 Å². The van der Waals surface area contributed by atoms with Gasteiger partial charge in [-0.2, -0.15) is 0 Å². The molecule has 1 aliphatic rings. The van der Waals surface area contributed by atoms with E-state index < -0.39 is 7.12 Å². The van der Waals surface area contributed by atoms with E-state index in [9.17, 15) is 9.82 Å². The van der Waals surface area contributed by atoms with Gasteiger partial charge in [0, 0.05) is 12.2 Å². The molecule has 13 heavy (non-hydrogen) atoms. The average Bonchev–Trinajstić information content (AvgIpc) is 2.17. The predicted molar refractivity (Wildman–Crippen MR) is 49.1 cm³/mol. The van der Waals surface area contributed by atoms with Gasteiger partial charge in [-0.25, -0.2) is 0 Å². The second kappa shape index (κ2) is 3.32. The van der Waals surface area contributed by atoms with Gasteiger partial charge < -0.3 is 9.68 Å². The fourth-order valence-corrected chi connectivity index (χ4v) is 1.62. The van der Waals surface area contributed by atoms with Crippen molar-refractivity contribution in [3.05, 3.63) is 29.3 Å². The molecule has 0 amide bonds. The molecule has 0 unspecified atom stereocenters. The summed E-state index contributed by atoms with van der Waals surface area (Å²) in [6, 6.07) is 5.42. The zero-order valence-electron chi connectivity index (χ0n) is 7.06. The second-order valence-corrected chi connectivity index (χ2v) is 3.01. The predicted octanol–water partition coefficient (Wildman–Crippen LogP) is -0.241. The molecule has 1 aliphatic heterocycles. The van der Waals surface area contributed by atoms with E-state index in [2.05, 4.69) is 0 Å². The standard InChI is InChI=1S/C9H9BO3/c11-6-8-3-1-2-7-4-5-13-10(12)9(7)8/h1-3,6,12H,4-5H2. The van der Waals surface area contributed by atoms with E-state index in [0.717, 1.165) is 18.3 Å². The Kier molecular flexibility index (Phi) is 2.16. The monoisotopic (exact) mass is 176 g/mol. The van der Waals surface area contributed by atoms with Gasteiger partial charge in [0.2, 0.25) is 0 Å². The molecule has 1 heterocycles. The molecule has 0 fully saturated rings. The Labute approximate surface area is 76.5 Å². The van der Waals surface area contributed by atoms with E-state index in [4.69, 9.17) is 4.65 Å². The van der Waals surface area contributed by atoms with Crippen LogP contribution in [0.1, 0.15) is 15.9 Å². The van der Waals surface area contributed by atoms with Gasteiger partial charge in [-0.05, 0) is 17.4 Å². The van der Waals surface area contributed by atoms with Crippen molar-refractivity contribution in [2.24, 2.45) is 0 Å². The first-order chi connectivity index (χ1) is 6.33. The van der Waals surface area contributed by atoms with Crippen LogP contribution in [0.5, 0.6) is 0 Å². The minimum Gasteiger partial charge on any atom is -0.423 e. The van der Waals surface area contributed by atoms with Gasteiger partial charge in [-0.15, -0.1) is 0 Å². The lowest BCUT2D eigenvalue weighted by Crippen LogP contribution is -2.43. The third-order valence-electron chi connectivity index (χ3n) is 2.25. The van der Waals surface area contributed by atoms with Crippen LogP contribution in [0.15, 0.2) is 18.2 Å². The first-order valence-corrected chi connectivity index (χ1v) is 4.19. The van der Waals surface area contributed by atoms with Crippen LogP contribution < -0.4 is 5.46 Å². The van der Waals surface area contributed by atoms with Crippen LogP contribution in [0, 0.1) is 0 Å². The lowest BCUT2D eigenvalue weighted by atomic mass is 9.71. The summed E-state index contributed by atoms with van der Waals surface area (Å²) in [5.41, 5.74) is 2.15. The number of aldehydes is 1. The van der Waals surface area contributed by atoms with Crippen molar-refractivity contribution in [1.82, 2.24) is 0 Å². The number of hydrogen-bond donors (Lipinski definition) is 1. The Morgan fingerprint density at radius 1 is 1.54 bits per heavy atom. The summed E-state index contributed by atoms with van der Waals surface area (Å²) < 4.78 is 5.04. The highest BCUT2D eigenvalue weighted by molar-refractivity contribution is 6.62. The summed E-state index contributed by atoms with van der Waals surface area (Å²) in [7, 11) is -0.940. The molecule has 0 aromatic heterocycles. The molecule has 0 atom stereocenters. The van der Waals surface area contributed by atoms with Gasteiger partial charge >= 0.3 is 7.12 Å². The van der Waals surface area contributed by atoms with E-state index in [0.29, 0.717) is 17.6 Å². The normalized spacial score (nSPS) is 15.3. The molecular weight excluding hydrogens is 167 g/mol. The molecule has 0 saturated carbocycles. The van der Waals surface area contributed by atoms with Crippen molar-refractivity contribution >= 4 is 18.9 Å². The minimum absolute atomic E-state index is 0.510. The molecule has 0 radical (unpaired) electrons. The Morgan fingerprint density at radius 2 is 2.38 bits per heavy atom. The third-order valence-corrected chi connectivity index (χ3v) is 2.25. The smallest absolute Gasteiger partial charge is 0.423 e. The maximum Gasteiger partial charge on any atom is 0.492 e. The first-order valence-electron chi connectivity index (χ1n) is 4.19. The zero-order valence-corrected chi connectivity index (χ0v) is 7.06. The molecule has 0 spiro atoms. The molecule has 0 aliphatic carbocycles. The van der Waals surface area contributed by atoms with Gasteiger partial charge in [0.1, 0.15) is 6.29 Å². The van der Waals surface area contributed by atoms with Crippen molar-refractivity contribution in [2.45, 2.75) is 6.42 Å². The number of carbonyl (C=O) groups is 1. The molecule has 0 bridgehead atoms. The fraction of sp³-hybridized carbons (Fsp3) is 0.222. The maximum atomic E-state index is 10.7. The Bertz CT molecular complexity index is 338. The summed E-state index contributed by atoms with van der Waals surface area (Å²) in [4.78, 5) is 10.7. The quantitative estimate of drug-likeness (QED) is 0.474. The number of fused-ring (bicyclic) bond motifs is 1. The molecule has 1 aromatic rings. The highest BCUT2D eigenvalue weighted by Crippen LogP contribution is 2.08. The van der Waals surface area contributed by atoms with Crippen molar-refractivity contribution in [3.63, 3.8) is 0 Å². The Hall–Kier alpha value is -1.13. The third kappa shape index (κ3) is 1.38. The highest BCUT2D eigenvalue weighted by Gasteiger charge is 2.26. The van der Waals surface area contributed by atoms with Crippen LogP contribution in [-0.2, 0) is 11.1 Å². The summed E-state index contributed by atoms with van der Waals surface area (Å²) >= 11 is 0. The average molecular weight is 176 g/mol. The minimum atomic E-state index is -0.940. The van der Waals surface area contributed by atoms with Gasteiger partial charge in [0.15, 0.2) is 0 Å². The summed E-state index contributed by atoms with van der Waals surface area (Å²) in [5.74, 6) is 0. The van der Waals surface area contributed by atoms with E-state index in [1.54, 1.807) is 6.07 Å². The number of hydrogen-bond acceptors (Lipinski definition) is 3. The lowest BCUT2D eigenvalue weighted by Gasteiger charge is -2.19. The van der Waals surface area contributed by atoms with Crippen LogP contribution in [0.25, 0.3) is 0 Å². The fourth-order valence-electron chi connectivity index (χ4n) is 1.62. The number of carbonyl (C=O) groups excluding carboxylic acids is 1. The SMILES string of the molecule is O=Cc1cccc2c1B(O)OCC2. The maximum absolute atomic E-state index is 10.7. The molecule has 1 aromatic carbocycles. The Morgan fingerprint density at radius 3 is 3.15 bits per heavy atom. The molecule has 3 nitrogen and oxygen atoms in total. The molecule has 4 heteroatoms. The van der Waals surface area contributed by atoms with E-state index in [1.807, 2.05) is 12.1 Å². The lowest BCUT2D eigenvalue weighted by molar-refractivity contribution is 0.112. The molecule has 66 valence electrons. The first kappa shape index (κ1) is 8.47. The summed E-state index contributed by atoms with van der Waals surface area (Å²) in [6.07, 6.45) is 1.50. The van der Waals surface area contributed by atoms with Gasteiger partial charge in [-0.1, -0.05) is 18.2 Å². The van der Waals surface area contributed by atoms with Crippen molar-refractivity contribution < 1.29 is 14.5 Å². The second-order valence-electron chi connectivity index (χ2n) is 3.01. The largest absolute Gasteiger partial charge is 0.492 e. The molecule has 0 saturated heterocycles. The summed E-state index contributed by atoms with van der Waals surface area (Å²) in [6.45, 7) is 0.510. The summed E-state index contributed by atoms with van der Waals surface area (Å²) in [5, 5.41) is 9.49. The number of benzene rings is 1. The van der Waals surface area contributed by atoms with Gasteiger partial charge in [0.25, 0.3) is 0 Å². The molecule has 1 N–H and O–H groups in total. The zero-order chi connectivity index (χ0) is 9.26. The van der Waals surface area contributed by atoms with E-state index >= 15 is 0 Å². The van der Waals surface area contributed by atoms with Crippen LogP contribution >= 0.6 is 0 Å². The Balaban J connectivity index is 2.56. The van der Waals surface area contributed by atoms with Crippen LogP contribution in [0.2, 0.25) is 0 Å². The van der Waals surface area contributed by atoms with Gasteiger partial charge in [0.05, 0.1) is 0 Å². The van der Waals surface area contributed by atoms with E-state index in [1.165, 1.54) is 0 Å².